The van der Waals surface area contributed by atoms with E-state index in [4.69, 9.17) is 15.7 Å². The smallest absolute Gasteiger partial charge is 0.324 e. The Morgan fingerprint density at radius 2 is 1.63 bits per heavy atom. The molecule has 0 aliphatic carbocycles. The lowest BCUT2D eigenvalue weighted by Gasteiger charge is -2.15. The molecule has 0 fully saturated rings. The van der Waals surface area contributed by atoms with E-state index in [1.54, 1.807) is 30.3 Å². The van der Waals surface area contributed by atoms with Gasteiger partial charge in [0.25, 0.3) is 0 Å². The van der Waals surface area contributed by atoms with Gasteiger partial charge in [0, 0.05) is 48.2 Å². The summed E-state index contributed by atoms with van der Waals surface area (Å²) in [6.45, 7) is 5.99. The molecule has 0 aliphatic rings. The van der Waals surface area contributed by atoms with Gasteiger partial charge in [0.2, 0.25) is 0 Å². The molecule has 0 unspecified atom stereocenters. The number of urea groups is 1. The van der Waals surface area contributed by atoms with Crippen molar-refractivity contribution in [3.8, 4) is 0 Å². The molecule has 0 radical (unpaired) electrons. The lowest BCUT2D eigenvalue weighted by Crippen LogP contribution is -2.19. The Balaban J connectivity index is 1.44. The van der Waals surface area contributed by atoms with Gasteiger partial charge in [0.1, 0.15) is 23.7 Å². The number of carbonyl (C=O) groups excluding carboxylic acids is 1. The Kier molecular flexibility index (Phi) is 7.28. The van der Waals surface area contributed by atoms with E-state index in [-0.39, 0.29) is 16.9 Å². The number of hydrogen-bond donors (Lipinski definition) is 5. The molecule has 11 heteroatoms. The molecule has 0 saturated carbocycles. The highest BCUT2D eigenvalue weighted by Crippen LogP contribution is 2.27. The fraction of sp³-hybridized carbons (Fsp3) is 0.222. The number of aromatic nitrogens is 3. The number of amides is 2. The summed E-state index contributed by atoms with van der Waals surface area (Å²) < 4.78 is 5.29. The molecule has 6 N–H and O–H groups in total. The molecule has 0 bridgehead atoms. The Labute approximate surface area is 221 Å². The predicted molar refractivity (Wildman–Crippen MR) is 151 cm³/mol. The van der Waals surface area contributed by atoms with Crippen molar-refractivity contribution in [2.45, 2.75) is 26.2 Å². The van der Waals surface area contributed by atoms with Crippen molar-refractivity contribution in [2.75, 3.05) is 40.7 Å². The Hall–Kier alpha value is -4.93. The molecule has 0 spiro atoms. The third-order valence-electron chi connectivity index (χ3n) is 5.70. The number of carbonyl (C=O) groups is 1. The Morgan fingerprint density at radius 1 is 0.974 bits per heavy atom. The first kappa shape index (κ1) is 26.1. The third kappa shape index (κ3) is 6.06. The van der Waals surface area contributed by atoms with Crippen LogP contribution < -0.4 is 26.6 Å². The number of nitrogens with two attached hydrogens (primary N) is 1. The van der Waals surface area contributed by atoms with Crippen molar-refractivity contribution in [1.29, 1.82) is 5.41 Å². The molecule has 2 aromatic carbocycles. The minimum atomic E-state index is -0.445. The standard InChI is InChI=1S/C27H31N9O2/c1-27(2,3)20-14-21(35-38-20)34-26(37)33-18-10-8-17(9-11-18)32-25-22(24(29)30-15-31-25)23(28)16-6-12-19(13-7-16)36(4)5/h6-15,28H,1-5H3,(H3,29,30,31,32)(H2,33,34,35,37). The van der Waals surface area contributed by atoms with Gasteiger partial charge in [0.05, 0.1) is 11.3 Å². The summed E-state index contributed by atoms with van der Waals surface area (Å²) >= 11 is 0. The average Bonchev–Trinajstić information content (AvgIpc) is 3.34. The van der Waals surface area contributed by atoms with Crippen molar-refractivity contribution >= 4 is 46.3 Å². The van der Waals surface area contributed by atoms with Gasteiger partial charge in [-0.25, -0.2) is 14.8 Å². The normalized spacial score (nSPS) is 11.1. The second-order valence-electron chi connectivity index (χ2n) is 9.91. The molecule has 4 rings (SSSR count). The van der Waals surface area contributed by atoms with Crippen molar-refractivity contribution in [3.63, 3.8) is 0 Å². The average molecular weight is 514 g/mol. The van der Waals surface area contributed by atoms with E-state index in [2.05, 4.69) is 31.1 Å². The van der Waals surface area contributed by atoms with E-state index < -0.39 is 6.03 Å². The van der Waals surface area contributed by atoms with E-state index in [0.29, 0.717) is 39.9 Å². The highest BCUT2D eigenvalue weighted by Gasteiger charge is 2.20. The first-order valence-electron chi connectivity index (χ1n) is 11.9. The lowest BCUT2D eigenvalue weighted by molar-refractivity contribution is 0.262. The number of nitrogen functional groups attached to an aromatic ring is 1. The van der Waals surface area contributed by atoms with Crippen LogP contribution in [0.2, 0.25) is 0 Å². The van der Waals surface area contributed by atoms with E-state index in [9.17, 15) is 4.79 Å². The van der Waals surface area contributed by atoms with E-state index in [1.807, 2.05) is 64.0 Å². The molecule has 38 heavy (non-hydrogen) atoms. The van der Waals surface area contributed by atoms with E-state index in [0.717, 1.165) is 5.69 Å². The molecule has 2 amide bonds. The number of nitrogens with one attached hydrogen (secondary N) is 4. The highest BCUT2D eigenvalue weighted by atomic mass is 16.5. The van der Waals surface area contributed by atoms with Crippen LogP contribution in [0, 0.1) is 5.41 Å². The van der Waals surface area contributed by atoms with Crippen LogP contribution in [0.25, 0.3) is 0 Å². The summed E-state index contributed by atoms with van der Waals surface area (Å²) in [5.74, 6) is 1.60. The minimum absolute atomic E-state index is 0.196. The maximum atomic E-state index is 12.4. The first-order valence-corrected chi connectivity index (χ1v) is 11.9. The number of rotatable bonds is 7. The van der Waals surface area contributed by atoms with Crippen LogP contribution in [-0.2, 0) is 5.41 Å². The predicted octanol–water partition coefficient (Wildman–Crippen LogP) is 5.21. The van der Waals surface area contributed by atoms with E-state index in [1.165, 1.54) is 6.33 Å². The minimum Gasteiger partial charge on any atom is -0.383 e. The van der Waals surface area contributed by atoms with E-state index >= 15 is 0 Å². The SMILES string of the molecule is CN(C)c1ccc(C(=N)c2c(N)ncnc2Nc2ccc(NC(=O)Nc3cc(C(C)(C)C)on3)cc2)cc1. The summed E-state index contributed by atoms with van der Waals surface area (Å²) in [7, 11) is 3.91. The molecular formula is C27H31N9O2. The van der Waals surface area contributed by atoms with Crippen LogP contribution in [-0.4, -0.2) is 41.0 Å². The maximum Gasteiger partial charge on any atom is 0.324 e. The molecule has 2 heterocycles. The second kappa shape index (κ2) is 10.6. The summed E-state index contributed by atoms with van der Waals surface area (Å²) in [4.78, 5) is 22.8. The molecule has 2 aromatic heterocycles. The topological polar surface area (TPSA) is 158 Å². The van der Waals surface area contributed by atoms with Gasteiger partial charge < -0.3 is 25.8 Å². The van der Waals surface area contributed by atoms with Crippen molar-refractivity contribution in [3.05, 3.63) is 77.8 Å². The monoisotopic (exact) mass is 513 g/mol. The third-order valence-corrected chi connectivity index (χ3v) is 5.70. The molecule has 4 aromatic rings. The van der Waals surface area contributed by atoms with Crippen LogP contribution in [0.15, 0.2) is 65.4 Å². The number of hydrogen-bond acceptors (Lipinski definition) is 9. The largest absolute Gasteiger partial charge is 0.383 e. The molecule has 11 nitrogen and oxygen atoms in total. The van der Waals surface area contributed by atoms with Gasteiger partial charge in [-0.2, -0.15) is 0 Å². The zero-order valence-electron chi connectivity index (χ0n) is 22.0. The summed E-state index contributed by atoms with van der Waals surface area (Å²) in [6.07, 6.45) is 1.35. The van der Waals surface area contributed by atoms with Gasteiger partial charge in [-0.15, -0.1) is 0 Å². The van der Waals surface area contributed by atoms with Gasteiger partial charge in [0.15, 0.2) is 5.82 Å². The number of benzene rings is 2. The van der Waals surface area contributed by atoms with Crippen molar-refractivity contribution in [2.24, 2.45) is 0 Å². The van der Waals surface area contributed by atoms with Gasteiger partial charge in [-0.3, -0.25) is 10.7 Å². The van der Waals surface area contributed by atoms with Crippen LogP contribution in [0.1, 0.15) is 37.7 Å². The molecule has 0 aliphatic heterocycles. The van der Waals surface area contributed by atoms with Gasteiger partial charge in [-0.05, 0) is 36.4 Å². The first-order chi connectivity index (χ1) is 18.0. The Morgan fingerprint density at radius 3 is 2.24 bits per heavy atom. The highest BCUT2D eigenvalue weighted by molar-refractivity contribution is 6.16. The lowest BCUT2D eigenvalue weighted by atomic mass is 9.93. The van der Waals surface area contributed by atoms with Crippen LogP contribution in [0.3, 0.4) is 0 Å². The van der Waals surface area contributed by atoms with Crippen molar-refractivity contribution in [1.82, 2.24) is 15.1 Å². The summed E-state index contributed by atoms with van der Waals surface area (Å²) in [6, 6.07) is 15.9. The fourth-order valence-corrected chi connectivity index (χ4v) is 3.55. The van der Waals surface area contributed by atoms with Gasteiger partial charge in [-0.1, -0.05) is 38.1 Å². The quantitative estimate of drug-likeness (QED) is 0.211. The number of nitrogens with zero attached hydrogens (tertiary/aromatic N) is 4. The molecule has 196 valence electrons. The van der Waals surface area contributed by atoms with Crippen LogP contribution in [0.5, 0.6) is 0 Å². The Bertz CT molecular complexity index is 1440. The summed E-state index contributed by atoms with van der Waals surface area (Å²) in [5.41, 5.74) is 9.51. The molecule has 0 saturated heterocycles. The van der Waals surface area contributed by atoms with Gasteiger partial charge >= 0.3 is 6.03 Å². The van der Waals surface area contributed by atoms with Crippen LogP contribution in [0.4, 0.5) is 39.3 Å². The van der Waals surface area contributed by atoms with Crippen LogP contribution >= 0.6 is 0 Å². The zero-order chi connectivity index (χ0) is 27.4. The molecular weight excluding hydrogens is 482 g/mol. The zero-order valence-corrected chi connectivity index (χ0v) is 22.0. The molecule has 0 atom stereocenters. The summed E-state index contributed by atoms with van der Waals surface area (Å²) in [5, 5.41) is 21.3. The second-order valence-corrected chi connectivity index (χ2v) is 9.91. The number of anilines is 6. The maximum absolute atomic E-state index is 12.4. The fourth-order valence-electron chi connectivity index (χ4n) is 3.55. The van der Waals surface area contributed by atoms with Crippen molar-refractivity contribution < 1.29 is 9.32 Å².